The van der Waals surface area contributed by atoms with Crippen molar-refractivity contribution in [3.05, 3.63) is 199 Å². The van der Waals surface area contributed by atoms with Crippen molar-refractivity contribution in [2.45, 2.75) is 25.5 Å². The molecule has 2 aliphatic rings. The van der Waals surface area contributed by atoms with E-state index in [9.17, 15) is 0 Å². The van der Waals surface area contributed by atoms with Crippen LogP contribution in [0.2, 0.25) is 0 Å². The molecule has 5 heteroatoms. The number of benzene rings is 9. The van der Waals surface area contributed by atoms with E-state index in [1.807, 2.05) is 6.07 Å². The summed E-state index contributed by atoms with van der Waals surface area (Å²) < 4.78 is 6.65. The number of anilines is 1. The predicted octanol–water partition coefficient (Wildman–Crippen LogP) is 13.8. The first-order valence-corrected chi connectivity index (χ1v) is 20.5. The molecule has 0 radical (unpaired) electrons. The van der Waals surface area contributed by atoms with Crippen LogP contribution in [0.15, 0.2) is 182 Å². The van der Waals surface area contributed by atoms with Gasteiger partial charge in [-0.15, -0.1) is 0 Å². The zero-order valence-electron chi connectivity index (χ0n) is 33.1. The van der Waals surface area contributed by atoms with Crippen LogP contribution >= 0.6 is 0 Å². The molecule has 0 saturated heterocycles. The summed E-state index contributed by atoms with van der Waals surface area (Å²) in [5.41, 5.74) is 12.3. The van der Waals surface area contributed by atoms with Crippen molar-refractivity contribution >= 4 is 38.0 Å². The monoisotopic (exact) mass is 770 g/mol. The topological polar surface area (TPSA) is 59.9 Å². The molecule has 0 amide bonds. The SMILES string of the molecule is CC1(C)c2ccccc2-c2ccc(-c3nc(-c4ccc(-c5ccc6c7c(c8ccccc8c6c5)NC(c5ccccc5)O7)cc4)nc(-c4cccc5ccccc45)n3)cc21. The Bertz CT molecular complexity index is 3350. The van der Waals surface area contributed by atoms with Crippen LogP contribution in [0.1, 0.15) is 36.8 Å². The fourth-order valence-corrected chi connectivity index (χ4v) is 9.49. The minimum Gasteiger partial charge on any atom is -0.464 e. The van der Waals surface area contributed by atoms with Gasteiger partial charge in [0.05, 0.1) is 5.69 Å². The number of fused-ring (bicyclic) bond motifs is 10. The van der Waals surface area contributed by atoms with E-state index in [1.54, 1.807) is 0 Å². The first-order valence-electron chi connectivity index (χ1n) is 20.5. The van der Waals surface area contributed by atoms with E-state index in [0.29, 0.717) is 17.5 Å². The number of aromatic nitrogens is 3. The molecular weight excluding hydrogens is 733 g/mol. The summed E-state index contributed by atoms with van der Waals surface area (Å²) in [7, 11) is 0. The van der Waals surface area contributed by atoms with Crippen LogP contribution in [-0.4, -0.2) is 15.0 Å². The summed E-state index contributed by atoms with van der Waals surface area (Å²) >= 11 is 0. The second-order valence-electron chi connectivity index (χ2n) is 16.4. The van der Waals surface area contributed by atoms with Crippen LogP contribution in [0.5, 0.6) is 5.75 Å². The molecule has 0 fully saturated rings. The first kappa shape index (κ1) is 34.4. The van der Waals surface area contributed by atoms with Gasteiger partial charge in [-0.3, -0.25) is 0 Å². The van der Waals surface area contributed by atoms with E-state index in [2.05, 4.69) is 195 Å². The van der Waals surface area contributed by atoms with Crippen molar-refractivity contribution in [3.63, 3.8) is 0 Å². The number of nitrogens with one attached hydrogen (secondary N) is 1. The summed E-state index contributed by atoms with van der Waals surface area (Å²) in [6.45, 7) is 4.61. The average molecular weight is 771 g/mol. The second-order valence-corrected chi connectivity index (χ2v) is 16.4. The molecule has 1 aromatic heterocycles. The van der Waals surface area contributed by atoms with Crippen molar-refractivity contribution in [1.82, 2.24) is 15.0 Å². The third-order valence-electron chi connectivity index (χ3n) is 12.6. The quantitative estimate of drug-likeness (QED) is 0.177. The molecule has 12 rings (SSSR count). The Morgan fingerprint density at radius 1 is 0.433 bits per heavy atom. The lowest BCUT2D eigenvalue weighted by atomic mass is 9.82. The third-order valence-corrected chi connectivity index (χ3v) is 12.6. The Hall–Kier alpha value is -7.63. The molecule has 9 aromatic carbocycles. The fourth-order valence-electron chi connectivity index (χ4n) is 9.49. The van der Waals surface area contributed by atoms with E-state index in [-0.39, 0.29) is 11.6 Å². The van der Waals surface area contributed by atoms with Gasteiger partial charge in [0.15, 0.2) is 29.5 Å². The van der Waals surface area contributed by atoms with E-state index < -0.39 is 0 Å². The Kier molecular flexibility index (Phi) is 7.57. The van der Waals surface area contributed by atoms with Gasteiger partial charge < -0.3 is 10.1 Å². The van der Waals surface area contributed by atoms with Crippen molar-refractivity contribution in [3.8, 4) is 62.2 Å². The van der Waals surface area contributed by atoms with Gasteiger partial charge in [0, 0.05) is 38.4 Å². The minimum absolute atomic E-state index is 0.143. The van der Waals surface area contributed by atoms with Crippen LogP contribution in [0.3, 0.4) is 0 Å². The van der Waals surface area contributed by atoms with Gasteiger partial charge in [-0.2, -0.15) is 0 Å². The van der Waals surface area contributed by atoms with E-state index in [0.717, 1.165) is 71.7 Å². The zero-order valence-corrected chi connectivity index (χ0v) is 33.1. The summed E-state index contributed by atoms with van der Waals surface area (Å²) in [5.74, 6) is 2.83. The maximum Gasteiger partial charge on any atom is 0.196 e. The Labute approximate surface area is 348 Å². The van der Waals surface area contributed by atoms with Gasteiger partial charge in [0.2, 0.25) is 0 Å². The standard InChI is InChI=1S/C55H38N4O/c1-55(2)47-22-11-10-19-41(47)42-29-28-38(32-48(42)55)52-57-51(58-53(59-52)45-21-12-16-34-13-6-7-17-39(34)45)35-25-23-33(24-26-35)37-27-30-44-46(31-37)40-18-8-9-20-43(40)49-50(44)60-54(56-49)36-14-4-3-5-15-36/h3-32,54,56H,1-2H3. The lowest BCUT2D eigenvalue weighted by molar-refractivity contribution is 0.262. The molecule has 1 atom stereocenters. The number of ether oxygens (including phenoxy) is 1. The summed E-state index contributed by atoms with van der Waals surface area (Å²) in [4.78, 5) is 15.6. The average Bonchev–Trinajstić information content (AvgIpc) is 3.86. The number of nitrogens with zero attached hydrogens (tertiary/aromatic N) is 3. The molecular formula is C55H38N4O. The maximum absolute atomic E-state index is 6.65. The van der Waals surface area contributed by atoms with Crippen LogP contribution in [0, 0.1) is 0 Å². The van der Waals surface area contributed by atoms with Gasteiger partial charge >= 0.3 is 0 Å². The molecule has 1 aliphatic heterocycles. The summed E-state index contributed by atoms with van der Waals surface area (Å²) in [6.07, 6.45) is -0.244. The zero-order chi connectivity index (χ0) is 40.0. The van der Waals surface area contributed by atoms with Crippen LogP contribution in [0.25, 0.3) is 88.7 Å². The highest BCUT2D eigenvalue weighted by Crippen LogP contribution is 2.51. The predicted molar refractivity (Wildman–Crippen MR) is 245 cm³/mol. The smallest absolute Gasteiger partial charge is 0.196 e. The highest BCUT2D eigenvalue weighted by Gasteiger charge is 2.35. The van der Waals surface area contributed by atoms with Gasteiger partial charge in [0.25, 0.3) is 0 Å². The van der Waals surface area contributed by atoms with Crippen LogP contribution in [-0.2, 0) is 5.41 Å². The minimum atomic E-state index is -0.244. The van der Waals surface area contributed by atoms with E-state index >= 15 is 0 Å². The lowest BCUT2D eigenvalue weighted by Crippen LogP contribution is -2.15. The molecule has 1 unspecified atom stereocenters. The molecule has 0 bridgehead atoms. The summed E-state index contributed by atoms with van der Waals surface area (Å²) in [6, 6.07) is 64.4. The molecule has 60 heavy (non-hydrogen) atoms. The van der Waals surface area contributed by atoms with Crippen molar-refractivity contribution in [1.29, 1.82) is 0 Å². The second kappa shape index (κ2) is 13.2. The van der Waals surface area contributed by atoms with E-state index in [4.69, 9.17) is 19.7 Å². The molecule has 284 valence electrons. The molecule has 2 heterocycles. The lowest BCUT2D eigenvalue weighted by Gasteiger charge is -2.21. The highest BCUT2D eigenvalue weighted by atomic mass is 16.5. The van der Waals surface area contributed by atoms with Gasteiger partial charge in [0.1, 0.15) is 0 Å². The van der Waals surface area contributed by atoms with E-state index in [1.165, 1.54) is 27.6 Å². The maximum atomic E-state index is 6.65. The van der Waals surface area contributed by atoms with Crippen molar-refractivity contribution < 1.29 is 4.74 Å². The van der Waals surface area contributed by atoms with Crippen molar-refractivity contribution in [2.75, 3.05) is 5.32 Å². The molecule has 1 N–H and O–H groups in total. The normalized spacial score (nSPS) is 14.7. The third kappa shape index (κ3) is 5.36. The van der Waals surface area contributed by atoms with Crippen molar-refractivity contribution in [2.24, 2.45) is 0 Å². The number of rotatable bonds is 5. The van der Waals surface area contributed by atoms with Crippen LogP contribution in [0.4, 0.5) is 5.69 Å². The molecule has 5 nitrogen and oxygen atoms in total. The Balaban J connectivity index is 0.955. The molecule has 1 aliphatic carbocycles. The van der Waals surface area contributed by atoms with Gasteiger partial charge in [-0.1, -0.05) is 178 Å². The fraction of sp³-hybridized carbons (Fsp3) is 0.0727. The number of hydrogen-bond donors (Lipinski definition) is 1. The molecule has 10 aromatic rings. The largest absolute Gasteiger partial charge is 0.464 e. The van der Waals surface area contributed by atoms with Crippen LogP contribution < -0.4 is 10.1 Å². The first-order chi connectivity index (χ1) is 29.5. The molecule has 0 spiro atoms. The Morgan fingerprint density at radius 3 is 1.90 bits per heavy atom. The number of hydrogen-bond acceptors (Lipinski definition) is 5. The molecule has 0 saturated carbocycles. The van der Waals surface area contributed by atoms with Gasteiger partial charge in [-0.25, -0.2) is 15.0 Å². The summed E-state index contributed by atoms with van der Waals surface area (Å²) in [5, 5.41) is 10.5. The highest BCUT2D eigenvalue weighted by molar-refractivity contribution is 6.18. The Morgan fingerprint density at radius 2 is 1.05 bits per heavy atom. The van der Waals surface area contributed by atoms with Gasteiger partial charge in [-0.05, 0) is 73.1 Å².